The maximum atomic E-state index is 12.8. The first-order valence-electron chi connectivity index (χ1n) is 7.73. The molecule has 0 aliphatic rings. The Hall–Kier alpha value is -1.76. The molecule has 26 heavy (non-hydrogen) atoms. The minimum atomic E-state index is -0.387. The monoisotopic (exact) mass is 414 g/mol. The summed E-state index contributed by atoms with van der Waals surface area (Å²) >= 11 is 13.5. The summed E-state index contributed by atoms with van der Waals surface area (Å²) in [5.74, 6) is -0.316. The van der Waals surface area contributed by atoms with Crippen LogP contribution in [0.15, 0.2) is 47.4 Å². The summed E-state index contributed by atoms with van der Waals surface area (Å²) in [6.45, 7) is -0.110. The van der Waals surface area contributed by atoms with Gasteiger partial charge >= 0.3 is 0 Å². The molecule has 4 nitrogen and oxygen atoms in total. The van der Waals surface area contributed by atoms with E-state index >= 15 is 0 Å². The number of hydrogen-bond acceptors (Lipinski definition) is 3. The zero-order chi connectivity index (χ0) is 19.1. The van der Waals surface area contributed by atoms with Crippen molar-refractivity contribution in [3.63, 3.8) is 0 Å². The summed E-state index contributed by atoms with van der Waals surface area (Å²) in [7, 11) is 1.55. The molecule has 2 amide bonds. The highest BCUT2D eigenvalue weighted by Crippen LogP contribution is 2.29. The minimum absolute atomic E-state index is 0.110. The lowest BCUT2D eigenvalue weighted by Gasteiger charge is -2.17. The quantitative estimate of drug-likeness (QED) is 0.667. The van der Waals surface area contributed by atoms with Crippen molar-refractivity contribution >= 4 is 52.5 Å². The second kappa shape index (κ2) is 9.80. The lowest BCUT2D eigenvalue weighted by atomic mass is 10.3. The molecule has 0 aliphatic heterocycles. The normalized spacial score (nSPS) is 10.5. The van der Waals surface area contributed by atoms with Gasteiger partial charge in [-0.05, 0) is 36.4 Å². The van der Waals surface area contributed by atoms with Crippen LogP contribution in [0.1, 0.15) is 6.42 Å². The van der Waals surface area contributed by atoms with Crippen molar-refractivity contribution in [2.45, 2.75) is 11.3 Å². The first-order valence-corrected chi connectivity index (χ1v) is 9.47. The van der Waals surface area contributed by atoms with E-state index in [9.17, 15) is 14.0 Å². The van der Waals surface area contributed by atoms with Gasteiger partial charge in [0.1, 0.15) is 5.82 Å². The number of nitrogens with one attached hydrogen (secondary N) is 1. The molecule has 0 saturated heterocycles. The van der Waals surface area contributed by atoms with Crippen LogP contribution in [0, 0.1) is 5.82 Å². The molecule has 0 unspecified atom stereocenters. The van der Waals surface area contributed by atoms with Crippen molar-refractivity contribution in [3.8, 4) is 0 Å². The molecule has 0 fully saturated rings. The minimum Gasteiger partial charge on any atom is -0.336 e. The molecular formula is C18H17Cl2FN2O2S. The number of anilines is 1. The van der Waals surface area contributed by atoms with Crippen LogP contribution >= 0.6 is 35.0 Å². The molecular weight excluding hydrogens is 398 g/mol. The van der Waals surface area contributed by atoms with E-state index in [0.717, 1.165) is 4.90 Å². The highest BCUT2D eigenvalue weighted by Gasteiger charge is 2.15. The van der Waals surface area contributed by atoms with Crippen LogP contribution in [0.3, 0.4) is 0 Å². The molecule has 0 aromatic heterocycles. The van der Waals surface area contributed by atoms with E-state index in [2.05, 4.69) is 5.32 Å². The Morgan fingerprint density at radius 3 is 2.35 bits per heavy atom. The SMILES string of the molecule is CN(CC(=O)Nc1c(Cl)cccc1Cl)C(=O)CCSc1ccc(F)cc1. The molecule has 0 aliphatic carbocycles. The number of para-hydroxylation sites is 1. The second-order valence-electron chi connectivity index (χ2n) is 5.45. The lowest BCUT2D eigenvalue weighted by molar-refractivity contribution is -0.132. The smallest absolute Gasteiger partial charge is 0.244 e. The van der Waals surface area contributed by atoms with Gasteiger partial charge in [-0.3, -0.25) is 9.59 Å². The zero-order valence-corrected chi connectivity index (χ0v) is 16.3. The third-order valence-corrected chi connectivity index (χ3v) is 5.08. The van der Waals surface area contributed by atoms with Gasteiger partial charge < -0.3 is 10.2 Å². The molecule has 1 N–H and O–H groups in total. The molecule has 0 bridgehead atoms. The van der Waals surface area contributed by atoms with Crippen LogP contribution in [0.5, 0.6) is 0 Å². The molecule has 0 heterocycles. The number of nitrogens with zero attached hydrogens (tertiary/aromatic N) is 1. The van der Waals surface area contributed by atoms with Crippen molar-refractivity contribution in [2.75, 3.05) is 24.7 Å². The van der Waals surface area contributed by atoms with Crippen LogP contribution < -0.4 is 5.32 Å². The van der Waals surface area contributed by atoms with Crippen LogP contribution in [0.25, 0.3) is 0 Å². The summed E-state index contributed by atoms with van der Waals surface area (Å²) in [4.78, 5) is 26.4. The Kier molecular flexibility index (Phi) is 7.75. The standard InChI is InChI=1S/C18H17Cl2FN2O2S/c1-23(11-16(24)22-18-14(19)3-2-4-15(18)20)17(25)9-10-26-13-7-5-12(21)6-8-13/h2-8H,9-11H2,1H3,(H,22,24). The van der Waals surface area contributed by atoms with Gasteiger partial charge in [0.15, 0.2) is 0 Å². The Morgan fingerprint density at radius 1 is 1.12 bits per heavy atom. The van der Waals surface area contributed by atoms with Gasteiger partial charge in [0.25, 0.3) is 0 Å². The van der Waals surface area contributed by atoms with E-state index in [1.54, 1.807) is 37.4 Å². The first-order chi connectivity index (χ1) is 12.4. The summed E-state index contributed by atoms with van der Waals surface area (Å²) in [6.07, 6.45) is 0.263. The number of rotatable bonds is 7. The van der Waals surface area contributed by atoms with Crippen LogP contribution in [0.2, 0.25) is 10.0 Å². The van der Waals surface area contributed by atoms with Gasteiger partial charge in [0.05, 0.1) is 22.3 Å². The predicted molar refractivity (Wildman–Crippen MR) is 104 cm³/mol. The molecule has 0 atom stereocenters. The summed E-state index contributed by atoms with van der Waals surface area (Å²) in [5.41, 5.74) is 0.327. The molecule has 138 valence electrons. The maximum absolute atomic E-state index is 12.8. The van der Waals surface area contributed by atoms with Crippen LogP contribution in [-0.2, 0) is 9.59 Å². The maximum Gasteiger partial charge on any atom is 0.244 e. The number of thioether (sulfide) groups is 1. The van der Waals surface area contributed by atoms with E-state index in [1.165, 1.54) is 28.8 Å². The molecule has 2 aromatic carbocycles. The number of hydrogen-bond donors (Lipinski definition) is 1. The zero-order valence-electron chi connectivity index (χ0n) is 14.0. The average Bonchev–Trinajstić information content (AvgIpc) is 2.60. The fourth-order valence-electron chi connectivity index (χ4n) is 2.08. The Labute approximate surface area is 165 Å². The van der Waals surface area contributed by atoms with Crippen molar-refractivity contribution < 1.29 is 14.0 Å². The number of carbonyl (C=O) groups is 2. The predicted octanol–water partition coefficient (Wildman–Crippen LogP) is 4.71. The number of benzene rings is 2. The van der Waals surface area contributed by atoms with E-state index in [4.69, 9.17) is 23.2 Å². The molecule has 0 radical (unpaired) electrons. The van der Waals surface area contributed by atoms with Gasteiger partial charge in [-0.1, -0.05) is 29.3 Å². The number of halogens is 3. The topological polar surface area (TPSA) is 49.4 Å². The van der Waals surface area contributed by atoms with Crippen LogP contribution in [0.4, 0.5) is 10.1 Å². The van der Waals surface area contributed by atoms with Crippen molar-refractivity contribution in [1.29, 1.82) is 0 Å². The summed E-state index contributed by atoms with van der Waals surface area (Å²) < 4.78 is 12.8. The number of carbonyl (C=O) groups excluding carboxylic acids is 2. The van der Waals surface area contributed by atoms with Gasteiger partial charge in [-0.2, -0.15) is 0 Å². The van der Waals surface area contributed by atoms with Crippen molar-refractivity contribution in [2.24, 2.45) is 0 Å². The summed E-state index contributed by atoms with van der Waals surface area (Å²) in [5, 5.41) is 3.27. The number of amides is 2. The fourth-order valence-corrected chi connectivity index (χ4v) is 3.41. The van der Waals surface area contributed by atoms with Gasteiger partial charge in [0, 0.05) is 24.1 Å². The van der Waals surface area contributed by atoms with Gasteiger partial charge in [0.2, 0.25) is 11.8 Å². The number of likely N-dealkylation sites (N-methyl/N-ethyl adjacent to an activating group) is 1. The van der Waals surface area contributed by atoms with E-state index in [1.807, 2.05) is 0 Å². The van der Waals surface area contributed by atoms with Crippen molar-refractivity contribution in [1.82, 2.24) is 4.90 Å². The third-order valence-electron chi connectivity index (χ3n) is 3.43. The molecule has 0 saturated carbocycles. The van der Waals surface area contributed by atoms with Crippen LogP contribution in [-0.4, -0.2) is 36.1 Å². The van der Waals surface area contributed by atoms with Gasteiger partial charge in [-0.25, -0.2) is 4.39 Å². The second-order valence-corrected chi connectivity index (χ2v) is 7.43. The highest BCUT2D eigenvalue weighted by molar-refractivity contribution is 7.99. The lowest BCUT2D eigenvalue weighted by Crippen LogP contribution is -2.35. The third kappa shape index (κ3) is 6.20. The molecule has 2 rings (SSSR count). The summed E-state index contributed by atoms with van der Waals surface area (Å²) in [6, 6.07) is 11.0. The Balaban J connectivity index is 1.79. The van der Waals surface area contributed by atoms with E-state index < -0.39 is 0 Å². The Bertz CT molecular complexity index is 767. The van der Waals surface area contributed by atoms with Gasteiger partial charge in [-0.15, -0.1) is 11.8 Å². The van der Waals surface area contributed by atoms with Crippen molar-refractivity contribution in [3.05, 3.63) is 58.3 Å². The Morgan fingerprint density at radius 2 is 1.73 bits per heavy atom. The fraction of sp³-hybridized carbons (Fsp3) is 0.222. The van der Waals surface area contributed by atoms with E-state index in [-0.39, 0.29) is 30.6 Å². The molecule has 8 heteroatoms. The molecule has 0 spiro atoms. The first kappa shape index (κ1) is 20.6. The highest BCUT2D eigenvalue weighted by atomic mass is 35.5. The average molecular weight is 415 g/mol. The van der Waals surface area contributed by atoms with E-state index in [0.29, 0.717) is 21.5 Å². The molecule has 2 aromatic rings. The largest absolute Gasteiger partial charge is 0.336 e.